The SMILES string of the molecule is CN=c1sc(CO)c(CN2CCN(C(=O)O)CC2)n1C. The summed E-state index contributed by atoms with van der Waals surface area (Å²) < 4.78 is 2.00. The number of piperazine rings is 1. The molecule has 1 saturated heterocycles. The van der Waals surface area contributed by atoms with E-state index >= 15 is 0 Å². The van der Waals surface area contributed by atoms with Crippen LogP contribution in [-0.2, 0) is 20.2 Å². The Balaban J connectivity index is 2.08. The fourth-order valence-electron chi connectivity index (χ4n) is 2.36. The molecule has 1 aliphatic heterocycles. The Labute approximate surface area is 121 Å². The molecule has 1 aromatic rings. The Morgan fingerprint density at radius 3 is 2.50 bits per heavy atom. The summed E-state index contributed by atoms with van der Waals surface area (Å²) in [5, 5.41) is 18.4. The molecule has 0 spiro atoms. The molecule has 0 atom stereocenters. The molecular formula is C12H20N4O3S. The highest BCUT2D eigenvalue weighted by atomic mass is 32.1. The van der Waals surface area contributed by atoms with Gasteiger partial charge in [0.15, 0.2) is 4.80 Å². The summed E-state index contributed by atoms with van der Waals surface area (Å²) in [5.74, 6) is 0. The lowest BCUT2D eigenvalue weighted by molar-refractivity contribution is 0.102. The summed E-state index contributed by atoms with van der Waals surface area (Å²) >= 11 is 1.50. The zero-order valence-corrected chi connectivity index (χ0v) is 12.6. The minimum Gasteiger partial charge on any atom is -0.465 e. The van der Waals surface area contributed by atoms with Gasteiger partial charge in [-0.2, -0.15) is 0 Å². The van der Waals surface area contributed by atoms with E-state index in [-0.39, 0.29) is 6.61 Å². The topological polar surface area (TPSA) is 81.3 Å². The van der Waals surface area contributed by atoms with Crippen LogP contribution in [0.15, 0.2) is 4.99 Å². The van der Waals surface area contributed by atoms with Crippen LogP contribution in [0.2, 0.25) is 0 Å². The summed E-state index contributed by atoms with van der Waals surface area (Å²) in [4.78, 5) is 20.5. The molecule has 1 amide bonds. The van der Waals surface area contributed by atoms with E-state index in [2.05, 4.69) is 9.89 Å². The molecule has 1 aromatic heterocycles. The van der Waals surface area contributed by atoms with Crippen molar-refractivity contribution >= 4 is 17.4 Å². The zero-order valence-electron chi connectivity index (χ0n) is 11.7. The van der Waals surface area contributed by atoms with E-state index in [9.17, 15) is 9.90 Å². The number of aliphatic hydroxyl groups excluding tert-OH is 1. The van der Waals surface area contributed by atoms with E-state index < -0.39 is 6.09 Å². The number of hydrogen-bond acceptors (Lipinski definition) is 5. The third kappa shape index (κ3) is 3.02. The first-order valence-corrected chi connectivity index (χ1v) is 7.30. The molecule has 1 aliphatic rings. The first kappa shape index (κ1) is 15.0. The average Bonchev–Trinajstić information content (AvgIpc) is 2.76. The summed E-state index contributed by atoms with van der Waals surface area (Å²) in [5.41, 5.74) is 1.06. The number of amides is 1. The van der Waals surface area contributed by atoms with E-state index in [4.69, 9.17) is 5.11 Å². The first-order valence-electron chi connectivity index (χ1n) is 6.48. The van der Waals surface area contributed by atoms with Gasteiger partial charge < -0.3 is 19.7 Å². The van der Waals surface area contributed by atoms with Crippen molar-refractivity contribution in [2.75, 3.05) is 33.2 Å². The Morgan fingerprint density at radius 2 is 2.00 bits per heavy atom. The second-order valence-electron chi connectivity index (χ2n) is 4.74. The highest BCUT2D eigenvalue weighted by molar-refractivity contribution is 7.09. The Kier molecular flexibility index (Phi) is 4.79. The second kappa shape index (κ2) is 6.38. The maximum Gasteiger partial charge on any atom is 0.407 e. The third-order valence-corrected chi connectivity index (χ3v) is 4.83. The maximum atomic E-state index is 10.9. The van der Waals surface area contributed by atoms with Crippen molar-refractivity contribution in [3.05, 3.63) is 15.4 Å². The van der Waals surface area contributed by atoms with Gasteiger partial charge in [-0.25, -0.2) is 4.79 Å². The van der Waals surface area contributed by atoms with Gasteiger partial charge in [0, 0.05) is 52.5 Å². The number of carboxylic acid groups (broad SMARTS) is 1. The van der Waals surface area contributed by atoms with Crippen molar-refractivity contribution in [2.24, 2.45) is 12.0 Å². The van der Waals surface area contributed by atoms with Gasteiger partial charge in [0.2, 0.25) is 0 Å². The van der Waals surface area contributed by atoms with Crippen LogP contribution < -0.4 is 4.80 Å². The molecule has 0 bridgehead atoms. The highest BCUT2D eigenvalue weighted by Crippen LogP contribution is 2.15. The molecule has 0 unspecified atom stereocenters. The van der Waals surface area contributed by atoms with Gasteiger partial charge in [-0.1, -0.05) is 11.3 Å². The van der Waals surface area contributed by atoms with Gasteiger partial charge in [-0.15, -0.1) is 0 Å². The van der Waals surface area contributed by atoms with Crippen LogP contribution in [0.3, 0.4) is 0 Å². The summed E-state index contributed by atoms with van der Waals surface area (Å²) in [6, 6.07) is 0. The smallest absolute Gasteiger partial charge is 0.407 e. The van der Waals surface area contributed by atoms with Crippen LogP contribution >= 0.6 is 11.3 Å². The number of carbonyl (C=O) groups is 1. The van der Waals surface area contributed by atoms with Crippen molar-refractivity contribution in [3.8, 4) is 0 Å². The molecule has 0 saturated carbocycles. The standard InChI is InChI=1S/C12H20N4O3S/c1-13-11-14(2)9(10(8-17)20-11)7-15-3-5-16(6-4-15)12(18)19/h17H,3-8H2,1-2H3,(H,18,19). The van der Waals surface area contributed by atoms with Gasteiger partial charge in [0.05, 0.1) is 11.5 Å². The number of hydrogen-bond donors (Lipinski definition) is 2. The number of thiazole rings is 1. The number of rotatable bonds is 3. The molecule has 0 radical (unpaired) electrons. The normalized spacial score (nSPS) is 17.8. The number of aliphatic hydroxyl groups is 1. The number of nitrogens with zero attached hydrogens (tertiary/aromatic N) is 4. The largest absolute Gasteiger partial charge is 0.465 e. The minimum atomic E-state index is -0.853. The van der Waals surface area contributed by atoms with Crippen LogP contribution in [0.25, 0.3) is 0 Å². The van der Waals surface area contributed by atoms with Crippen molar-refractivity contribution in [2.45, 2.75) is 13.2 Å². The van der Waals surface area contributed by atoms with E-state index in [1.807, 2.05) is 11.6 Å². The summed E-state index contributed by atoms with van der Waals surface area (Å²) in [6.07, 6.45) is -0.853. The lowest BCUT2D eigenvalue weighted by Gasteiger charge is -2.33. The predicted molar refractivity (Wildman–Crippen MR) is 75.6 cm³/mol. The lowest BCUT2D eigenvalue weighted by Crippen LogP contribution is -2.48. The predicted octanol–water partition coefficient (Wildman–Crippen LogP) is -0.0950. The maximum absolute atomic E-state index is 10.9. The molecule has 0 aliphatic carbocycles. The second-order valence-corrected chi connectivity index (χ2v) is 5.80. The number of aromatic nitrogens is 1. The summed E-state index contributed by atoms with van der Waals surface area (Å²) in [7, 11) is 3.68. The molecule has 20 heavy (non-hydrogen) atoms. The molecular weight excluding hydrogens is 280 g/mol. The molecule has 8 heteroatoms. The van der Waals surface area contributed by atoms with Gasteiger partial charge in [-0.05, 0) is 0 Å². The quantitative estimate of drug-likeness (QED) is 0.817. The molecule has 2 N–H and O–H groups in total. The van der Waals surface area contributed by atoms with Crippen molar-refractivity contribution in [1.82, 2.24) is 14.4 Å². The van der Waals surface area contributed by atoms with E-state index in [0.29, 0.717) is 32.7 Å². The molecule has 2 rings (SSSR count). The first-order chi connectivity index (χ1) is 9.56. The highest BCUT2D eigenvalue weighted by Gasteiger charge is 2.22. The van der Waals surface area contributed by atoms with Crippen molar-refractivity contribution in [1.29, 1.82) is 0 Å². The lowest BCUT2D eigenvalue weighted by atomic mass is 10.2. The molecule has 7 nitrogen and oxygen atoms in total. The van der Waals surface area contributed by atoms with Gasteiger partial charge in [0.1, 0.15) is 0 Å². The Bertz CT molecular complexity index is 543. The van der Waals surface area contributed by atoms with Crippen LogP contribution in [0.4, 0.5) is 4.79 Å². The molecule has 0 aromatic carbocycles. The Hall–Kier alpha value is -1.38. The average molecular weight is 300 g/mol. The van der Waals surface area contributed by atoms with Crippen molar-refractivity contribution in [3.63, 3.8) is 0 Å². The molecule has 2 heterocycles. The zero-order chi connectivity index (χ0) is 14.7. The minimum absolute atomic E-state index is 0.0124. The van der Waals surface area contributed by atoms with E-state index in [1.165, 1.54) is 16.2 Å². The molecule has 112 valence electrons. The van der Waals surface area contributed by atoms with Crippen LogP contribution in [-0.4, -0.2) is 63.9 Å². The Morgan fingerprint density at radius 1 is 1.35 bits per heavy atom. The van der Waals surface area contributed by atoms with E-state index in [1.54, 1.807) is 7.05 Å². The third-order valence-electron chi connectivity index (χ3n) is 3.58. The van der Waals surface area contributed by atoms with Crippen molar-refractivity contribution < 1.29 is 15.0 Å². The fraction of sp³-hybridized carbons (Fsp3) is 0.667. The van der Waals surface area contributed by atoms with Crippen LogP contribution in [0.1, 0.15) is 10.6 Å². The fourth-order valence-corrected chi connectivity index (χ4v) is 3.31. The van der Waals surface area contributed by atoms with E-state index in [0.717, 1.165) is 15.4 Å². The van der Waals surface area contributed by atoms with Gasteiger partial charge in [-0.3, -0.25) is 9.89 Å². The summed E-state index contributed by atoms with van der Waals surface area (Å²) in [6.45, 7) is 3.22. The molecule has 1 fully saturated rings. The van der Waals surface area contributed by atoms with Gasteiger partial charge in [0.25, 0.3) is 0 Å². The van der Waals surface area contributed by atoms with Crippen LogP contribution in [0, 0.1) is 0 Å². The monoisotopic (exact) mass is 300 g/mol. The van der Waals surface area contributed by atoms with Crippen LogP contribution in [0.5, 0.6) is 0 Å². The van der Waals surface area contributed by atoms with Gasteiger partial charge >= 0.3 is 6.09 Å².